The highest BCUT2D eigenvalue weighted by atomic mass is 79.9. The first-order valence-electron chi connectivity index (χ1n) is 7.47. The van der Waals surface area contributed by atoms with Gasteiger partial charge in [-0.15, -0.1) is 0 Å². The maximum Gasteiger partial charge on any atom is 0.260 e. The molecule has 0 bridgehead atoms. The van der Waals surface area contributed by atoms with Crippen molar-refractivity contribution >= 4 is 32.7 Å². The van der Waals surface area contributed by atoms with E-state index in [2.05, 4.69) is 32.8 Å². The van der Waals surface area contributed by atoms with Crippen molar-refractivity contribution in [3.63, 3.8) is 0 Å². The number of fused-ring (bicyclic) bond motifs is 1. The van der Waals surface area contributed by atoms with Crippen LogP contribution in [0.2, 0.25) is 0 Å². The summed E-state index contributed by atoms with van der Waals surface area (Å²) in [6, 6.07) is 6.00. The van der Waals surface area contributed by atoms with Crippen molar-refractivity contribution in [3.05, 3.63) is 29.0 Å². The predicted molar refractivity (Wildman–Crippen MR) is 87.8 cm³/mol. The average Bonchev–Trinajstić information content (AvgIpc) is 2.53. The fourth-order valence-electron chi connectivity index (χ4n) is 2.80. The molecule has 0 spiro atoms. The van der Waals surface area contributed by atoms with Crippen molar-refractivity contribution in [3.8, 4) is 5.88 Å². The van der Waals surface area contributed by atoms with Crippen LogP contribution in [0.1, 0.15) is 26.2 Å². The maximum atomic E-state index is 12.3. The first kappa shape index (κ1) is 15.2. The first-order chi connectivity index (χ1) is 10.6. The minimum atomic E-state index is 0.0168. The Bertz CT molecular complexity index is 692. The number of benzene rings is 1. The van der Waals surface area contributed by atoms with E-state index < -0.39 is 0 Å². The third kappa shape index (κ3) is 3.21. The average molecular weight is 364 g/mol. The standard InChI is InChI=1S/C16H18BrN3O2/c1-11-4-2-3-7-20(11)15(21)9-22-16-13-8-12(17)5-6-14(13)18-10-19-16/h5-6,8,10-11H,2-4,7,9H2,1H3/t11-/m1/s1. The van der Waals surface area contributed by atoms with Crippen LogP contribution in [0.5, 0.6) is 5.88 Å². The quantitative estimate of drug-likeness (QED) is 0.840. The molecule has 1 aromatic heterocycles. The third-order valence-corrected chi connectivity index (χ3v) is 4.51. The van der Waals surface area contributed by atoms with Crippen LogP contribution in [0.15, 0.2) is 29.0 Å². The van der Waals surface area contributed by atoms with Gasteiger partial charge >= 0.3 is 0 Å². The molecule has 6 heteroatoms. The molecule has 1 amide bonds. The number of likely N-dealkylation sites (tertiary alicyclic amines) is 1. The molecule has 0 N–H and O–H groups in total. The predicted octanol–water partition coefficient (Wildman–Crippen LogP) is 3.17. The van der Waals surface area contributed by atoms with Crippen molar-refractivity contribution in [2.45, 2.75) is 32.2 Å². The fourth-order valence-corrected chi connectivity index (χ4v) is 3.16. The van der Waals surface area contributed by atoms with Crippen LogP contribution >= 0.6 is 15.9 Å². The largest absolute Gasteiger partial charge is 0.467 e. The lowest BCUT2D eigenvalue weighted by Gasteiger charge is -2.33. The lowest BCUT2D eigenvalue weighted by Crippen LogP contribution is -2.44. The molecule has 3 rings (SSSR count). The van der Waals surface area contributed by atoms with Gasteiger partial charge in [0.2, 0.25) is 5.88 Å². The molecule has 1 atom stereocenters. The second-order valence-corrected chi connectivity index (χ2v) is 6.48. The molecule has 0 unspecified atom stereocenters. The van der Waals surface area contributed by atoms with E-state index in [1.165, 1.54) is 12.7 Å². The van der Waals surface area contributed by atoms with Crippen LogP contribution in [0.25, 0.3) is 10.9 Å². The molecule has 22 heavy (non-hydrogen) atoms. The monoisotopic (exact) mass is 363 g/mol. The van der Waals surface area contributed by atoms with Crippen molar-refractivity contribution in [1.82, 2.24) is 14.9 Å². The van der Waals surface area contributed by atoms with Crippen LogP contribution in [0.4, 0.5) is 0 Å². The Morgan fingerprint density at radius 3 is 3.09 bits per heavy atom. The summed E-state index contributed by atoms with van der Waals surface area (Å²) in [6.45, 7) is 2.93. The normalized spacial score (nSPS) is 18.5. The Morgan fingerprint density at radius 1 is 1.41 bits per heavy atom. The number of rotatable bonds is 3. The molecule has 0 aliphatic carbocycles. The smallest absolute Gasteiger partial charge is 0.260 e. The summed E-state index contributed by atoms with van der Waals surface area (Å²) in [4.78, 5) is 22.6. The van der Waals surface area contributed by atoms with Gasteiger partial charge < -0.3 is 9.64 Å². The van der Waals surface area contributed by atoms with Gasteiger partial charge in [0.15, 0.2) is 6.61 Å². The molecule has 116 valence electrons. The molecule has 1 aliphatic rings. The highest BCUT2D eigenvalue weighted by Crippen LogP contribution is 2.25. The van der Waals surface area contributed by atoms with E-state index >= 15 is 0 Å². The molecule has 1 fully saturated rings. The SMILES string of the molecule is C[C@@H]1CCCCN1C(=O)COc1ncnc2ccc(Br)cc12. The summed E-state index contributed by atoms with van der Waals surface area (Å²) in [6.07, 6.45) is 4.78. The van der Waals surface area contributed by atoms with E-state index in [-0.39, 0.29) is 12.5 Å². The van der Waals surface area contributed by atoms with Gasteiger partial charge in [-0.1, -0.05) is 15.9 Å². The number of nitrogens with zero attached hydrogens (tertiary/aromatic N) is 3. The molecule has 1 aliphatic heterocycles. The maximum absolute atomic E-state index is 12.3. The molecule has 5 nitrogen and oxygen atoms in total. The number of hydrogen-bond donors (Lipinski definition) is 0. The molecular formula is C16H18BrN3O2. The van der Waals surface area contributed by atoms with E-state index in [4.69, 9.17) is 4.74 Å². The molecule has 1 aromatic carbocycles. The van der Waals surface area contributed by atoms with Crippen LogP contribution in [0, 0.1) is 0 Å². The van der Waals surface area contributed by atoms with Crippen LogP contribution in [0.3, 0.4) is 0 Å². The Hall–Kier alpha value is -1.69. The molecule has 0 saturated carbocycles. The summed E-state index contributed by atoms with van der Waals surface area (Å²) < 4.78 is 6.60. The zero-order valence-electron chi connectivity index (χ0n) is 12.5. The van der Waals surface area contributed by atoms with Gasteiger partial charge in [0, 0.05) is 17.1 Å². The number of hydrogen-bond acceptors (Lipinski definition) is 4. The van der Waals surface area contributed by atoms with E-state index in [0.29, 0.717) is 11.9 Å². The minimum absolute atomic E-state index is 0.0168. The number of carbonyl (C=O) groups excluding carboxylic acids is 1. The van der Waals surface area contributed by atoms with Crippen LogP contribution in [-0.4, -0.2) is 40.0 Å². The Morgan fingerprint density at radius 2 is 2.27 bits per heavy atom. The molecule has 1 saturated heterocycles. The van der Waals surface area contributed by atoms with Crippen molar-refractivity contribution in [2.75, 3.05) is 13.2 Å². The number of halogens is 1. The molecule has 2 heterocycles. The van der Waals surface area contributed by atoms with Gasteiger partial charge in [0.25, 0.3) is 5.91 Å². The summed E-state index contributed by atoms with van der Waals surface area (Å²) in [7, 11) is 0. The highest BCUT2D eigenvalue weighted by molar-refractivity contribution is 9.10. The minimum Gasteiger partial charge on any atom is -0.467 e. The summed E-state index contributed by atoms with van der Waals surface area (Å²) in [5.41, 5.74) is 0.798. The van der Waals surface area contributed by atoms with E-state index in [1.807, 2.05) is 23.1 Å². The first-order valence-corrected chi connectivity index (χ1v) is 8.27. The van der Waals surface area contributed by atoms with Crippen LogP contribution in [-0.2, 0) is 4.79 Å². The van der Waals surface area contributed by atoms with Crippen molar-refractivity contribution in [1.29, 1.82) is 0 Å². The summed E-state index contributed by atoms with van der Waals surface area (Å²) in [5.74, 6) is 0.471. The number of piperidine rings is 1. The Labute approximate surface area is 137 Å². The van der Waals surface area contributed by atoms with Crippen molar-refractivity contribution < 1.29 is 9.53 Å². The highest BCUT2D eigenvalue weighted by Gasteiger charge is 2.23. The van der Waals surface area contributed by atoms with Gasteiger partial charge in [-0.3, -0.25) is 4.79 Å². The number of amides is 1. The second kappa shape index (κ2) is 6.60. The van der Waals surface area contributed by atoms with E-state index in [9.17, 15) is 4.79 Å². The van der Waals surface area contributed by atoms with Gasteiger partial charge in [-0.25, -0.2) is 9.97 Å². The second-order valence-electron chi connectivity index (χ2n) is 5.56. The zero-order chi connectivity index (χ0) is 15.5. The topological polar surface area (TPSA) is 55.3 Å². The number of ether oxygens (including phenoxy) is 1. The van der Waals surface area contributed by atoms with Crippen molar-refractivity contribution in [2.24, 2.45) is 0 Å². The third-order valence-electron chi connectivity index (χ3n) is 4.02. The number of aromatic nitrogens is 2. The summed E-state index contributed by atoms with van der Waals surface area (Å²) >= 11 is 3.43. The summed E-state index contributed by atoms with van der Waals surface area (Å²) in [5, 5.41) is 0.802. The van der Waals surface area contributed by atoms with E-state index in [0.717, 1.165) is 34.8 Å². The van der Waals surface area contributed by atoms with Gasteiger partial charge in [-0.05, 0) is 44.4 Å². The van der Waals surface area contributed by atoms with Gasteiger partial charge in [0.1, 0.15) is 6.33 Å². The molecular weight excluding hydrogens is 346 g/mol. The Kier molecular flexibility index (Phi) is 4.57. The fraction of sp³-hybridized carbons (Fsp3) is 0.438. The Balaban J connectivity index is 1.73. The van der Waals surface area contributed by atoms with Gasteiger partial charge in [-0.2, -0.15) is 0 Å². The molecule has 2 aromatic rings. The van der Waals surface area contributed by atoms with Gasteiger partial charge in [0.05, 0.1) is 10.9 Å². The number of carbonyl (C=O) groups is 1. The zero-order valence-corrected chi connectivity index (χ0v) is 14.0. The van der Waals surface area contributed by atoms with Crippen LogP contribution < -0.4 is 4.74 Å². The lowest BCUT2D eigenvalue weighted by molar-refractivity contribution is -0.136. The van der Waals surface area contributed by atoms with E-state index in [1.54, 1.807) is 0 Å². The lowest BCUT2D eigenvalue weighted by atomic mass is 10.0. The molecule has 0 radical (unpaired) electrons.